The summed E-state index contributed by atoms with van der Waals surface area (Å²) in [5.41, 5.74) is -0.285. The van der Waals surface area contributed by atoms with E-state index >= 15 is 0 Å². The third-order valence-electron chi connectivity index (χ3n) is 3.85. The Morgan fingerprint density at radius 2 is 2.10 bits per heavy atom. The van der Waals surface area contributed by atoms with Gasteiger partial charge in [-0.05, 0) is 26.7 Å². The van der Waals surface area contributed by atoms with Crippen LogP contribution in [0.3, 0.4) is 0 Å². The summed E-state index contributed by atoms with van der Waals surface area (Å²) in [5, 5.41) is 21.5. The molecule has 2 rings (SSSR count). The molecule has 0 saturated carbocycles. The van der Waals surface area contributed by atoms with Crippen LogP contribution >= 0.6 is 0 Å². The van der Waals surface area contributed by atoms with Gasteiger partial charge in [0.2, 0.25) is 0 Å². The average molecular weight is 286 g/mol. The van der Waals surface area contributed by atoms with Gasteiger partial charge in [-0.1, -0.05) is 0 Å². The summed E-state index contributed by atoms with van der Waals surface area (Å²) in [6, 6.07) is -1.40. The highest BCUT2D eigenvalue weighted by Gasteiger charge is 2.40. The summed E-state index contributed by atoms with van der Waals surface area (Å²) >= 11 is 0. The van der Waals surface area contributed by atoms with E-state index < -0.39 is 24.1 Å². The summed E-state index contributed by atoms with van der Waals surface area (Å²) in [7, 11) is 0. The number of nitrogens with one attached hydrogen (secondary N) is 1. The van der Waals surface area contributed by atoms with E-state index in [1.165, 1.54) is 4.90 Å². The van der Waals surface area contributed by atoms with Gasteiger partial charge >= 0.3 is 12.0 Å². The van der Waals surface area contributed by atoms with Crippen molar-refractivity contribution in [3.63, 3.8) is 0 Å². The van der Waals surface area contributed by atoms with Crippen molar-refractivity contribution in [1.82, 2.24) is 10.2 Å². The van der Waals surface area contributed by atoms with Gasteiger partial charge in [-0.2, -0.15) is 0 Å². The summed E-state index contributed by atoms with van der Waals surface area (Å²) in [6.45, 7) is 4.56. The van der Waals surface area contributed by atoms with Crippen molar-refractivity contribution in [2.75, 3.05) is 13.2 Å². The first-order chi connectivity index (χ1) is 9.28. The van der Waals surface area contributed by atoms with Crippen LogP contribution in [-0.4, -0.2) is 64.1 Å². The van der Waals surface area contributed by atoms with Crippen LogP contribution in [0.25, 0.3) is 0 Å². The van der Waals surface area contributed by atoms with E-state index in [2.05, 4.69) is 5.32 Å². The predicted octanol–water partition coefficient (Wildman–Crippen LogP) is 0.173. The molecule has 7 heteroatoms. The van der Waals surface area contributed by atoms with Gasteiger partial charge in [0.05, 0.1) is 11.7 Å². The van der Waals surface area contributed by atoms with Crippen LogP contribution in [0.1, 0.15) is 33.1 Å². The smallest absolute Gasteiger partial charge is 0.326 e. The van der Waals surface area contributed by atoms with Crippen LogP contribution in [0.2, 0.25) is 0 Å². The van der Waals surface area contributed by atoms with Gasteiger partial charge in [0.1, 0.15) is 6.04 Å². The monoisotopic (exact) mass is 286 g/mol. The van der Waals surface area contributed by atoms with Crippen LogP contribution in [0.5, 0.6) is 0 Å². The molecule has 0 spiro atoms. The van der Waals surface area contributed by atoms with Gasteiger partial charge in [0.25, 0.3) is 0 Å². The number of hydrogen-bond acceptors (Lipinski definition) is 4. The Bertz CT molecular complexity index is 398. The molecule has 2 heterocycles. The normalized spacial score (nSPS) is 33.0. The molecule has 2 saturated heterocycles. The SMILES string of the molecule is CC1(C)CC(NC(=O)N2C[C@@H](O)C[C@H]2C(=O)O)CCO1. The number of aliphatic carboxylic acids is 1. The number of carbonyl (C=O) groups is 2. The lowest BCUT2D eigenvalue weighted by atomic mass is 9.94. The van der Waals surface area contributed by atoms with Gasteiger partial charge in [0, 0.05) is 25.6 Å². The number of carboxylic acid groups (broad SMARTS) is 1. The minimum Gasteiger partial charge on any atom is -0.480 e. The third-order valence-corrected chi connectivity index (χ3v) is 3.85. The number of carbonyl (C=O) groups excluding carboxylic acids is 1. The Labute approximate surface area is 117 Å². The van der Waals surface area contributed by atoms with E-state index in [1.54, 1.807) is 0 Å². The lowest BCUT2D eigenvalue weighted by molar-refractivity contribution is -0.141. The number of aliphatic hydroxyl groups is 1. The van der Waals surface area contributed by atoms with Crippen molar-refractivity contribution in [2.45, 2.75) is 56.9 Å². The van der Waals surface area contributed by atoms with E-state index in [0.717, 1.165) is 0 Å². The zero-order valence-corrected chi connectivity index (χ0v) is 11.8. The number of nitrogens with zero attached hydrogens (tertiary/aromatic N) is 1. The number of amides is 2. The number of rotatable bonds is 2. The number of carboxylic acids is 1. The maximum Gasteiger partial charge on any atom is 0.326 e. The molecule has 114 valence electrons. The molecule has 2 amide bonds. The fraction of sp³-hybridized carbons (Fsp3) is 0.846. The molecule has 2 aliphatic heterocycles. The van der Waals surface area contributed by atoms with Gasteiger partial charge in [-0.15, -0.1) is 0 Å². The van der Waals surface area contributed by atoms with Crippen molar-refractivity contribution >= 4 is 12.0 Å². The summed E-state index contributed by atoms with van der Waals surface area (Å²) in [6.07, 6.45) is 0.714. The zero-order chi connectivity index (χ0) is 14.9. The fourth-order valence-corrected chi connectivity index (χ4v) is 2.88. The zero-order valence-electron chi connectivity index (χ0n) is 11.8. The molecule has 2 fully saturated rings. The Balaban J connectivity index is 1.95. The third kappa shape index (κ3) is 3.40. The maximum atomic E-state index is 12.2. The van der Waals surface area contributed by atoms with Gasteiger partial charge in [0.15, 0.2) is 0 Å². The molecule has 0 radical (unpaired) electrons. The van der Waals surface area contributed by atoms with E-state index in [1.807, 2.05) is 13.8 Å². The molecule has 1 unspecified atom stereocenters. The Kier molecular flexibility index (Phi) is 4.19. The second-order valence-electron chi connectivity index (χ2n) is 6.14. The lowest BCUT2D eigenvalue weighted by Gasteiger charge is -2.36. The first-order valence-electron chi connectivity index (χ1n) is 6.90. The molecule has 3 atom stereocenters. The van der Waals surface area contributed by atoms with Crippen molar-refractivity contribution in [2.24, 2.45) is 0 Å². The Morgan fingerprint density at radius 3 is 2.70 bits per heavy atom. The van der Waals surface area contributed by atoms with Crippen molar-refractivity contribution in [1.29, 1.82) is 0 Å². The average Bonchev–Trinajstić information content (AvgIpc) is 2.70. The first-order valence-corrected chi connectivity index (χ1v) is 6.90. The van der Waals surface area contributed by atoms with Crippen molar-refractivity contribution < 1.29 is 24.5 Å². The van der Waals surface area contributed by atoms with Crippen LogP contribution < -0.4 is 5.32 Å². The number of urea groups is 1. The van der Waals surface area contributed by atoms with Gasteiger partial charge < -0.3 is 25.2 Å². The summed E-state index contributed by atoms with van der Waals surface area (Å²) in [4.78, 5) is 24.5. The first kappa shape index (κ1) is 15.1. The van der Waals surface area contributed by atoms with Crippen LogP contribution in [-0.2, 0) is 9.53 Å². The molecule has 3 N–H and O–H groups in total. The molecular weight excluding hydrogens is 264 g/mol. The summed E-state index contributed by atoms with van der Waals surface area (Å²) in [5.74, 6) is -1.08. The van der Waals surface area contributed by atoms with E-state index in [-0.39, 0.29) is 24.6 Å². The van der Waals surface area contributed by atoms with E-state index in [4.69, 9.17) is 9.84 Å². The molecule has 2 aliphatic rings. The molecule has 20 heavy (non-hydrogen) atoms. The second-order valence-corrected chi connectivity index (χ2v) is 6.14. The van der Waals surface area contributed by atoms with Crippen LogP contribution in [0.4, 0.5) is 4.79 Å². The van der Waals surface area contributed by atoms with Gasteiger partial charge in [-0.25, -0.2) is 9.59 Å². The number of aliphatic hydroxyl groups excluding tert-OH is 1. The molecular formula is C13H22N2O5. The highest BCUT2D eigenvalue weighted by Crippen LogP contribution is 2.25. The number of hydrogen-bond donors (Lipinski definition) is 3. The number of likely N-dealkylation sites (tertiary alicyclic amines) is 1. The van der Waals surface area contributed by atoms with Crippen molar-refractivity contribution in [3.8, 4) is 0 Å². The molecule has 7 nitrogen and oxygen atoms in total. The maximum absolute atomic E-state index is 12.2. The highest BCUT2D eigenvalue weighted by atomic mass is 16.5. The van der Waals surface area contributed by atoms with Crippen molar-refractivity contribution in [3.05, 3.63) is 0 Å². The minimum absolute atomic E-state index is 0.0292. The minimum atomic E-state index is -1.08. The second kappa shape index (κ2) is 5.57. The molecule has 0 bridgehead atoms. The largest absolute Gasteiger partial charge is 0.480 e. The highest BCUT2D eigenvalue weighted by molar-refractivity contribution is 5.83. The van der Waals surface area contributed by atoms with E-state index in [0.29, 0.717) is 19.4 Å². The fourth-order valence-electron chi connectivity index (χ4n) is 2.88. The predicted molar refractivity (Wildman–Crippen MR) is 70.3 cm³/mol. The molecule has 0 aromatic rings. The molecule has 0 aromatic carbocycles. The standard InChI is InChI=1S/C13H22N2O5/c1-13(2)6-8(3-4-20-13)14-12(19)15-7-9(16)5-10(15)11(17)18/h8-10,16H,3-7H2,1-2H3,(H,14,19)(H,17,18)/t8?,9-,10-/m0/s1. The Morgan fingerprint density at radius 1 is 1.40 bits per heavy atom. The van der Waals surface area contributed by atoms with Gasteiger partial charge in [-0.3, -0.25) is 0 Å². The summed E-state index contributed by atoms with van der Waals surface area (Å²) < 4.78 is 5.58. The number of ether oxygens (including phenoxy) is 1. The number of β-amino-alcohol motifs (C(OH)–C–C–N with tert-alkyl or cyclic N) is 1. The molecule has 0 aromatic heterocycles. The lowest BCUT2D eigenvalue weighted by Crippen LogP contribution is -2.52. The quantitative estimate of drug-likeness (QED) is 0.672. The molecule has 0 aliphatic carbocycles. The van der Waals surface area contributed by atoms with Crippen LogP contribution in [0.15, 0.2) is 0 Å². The Hall–Kier alpha value is -1.34. The van der Waals surface area contributed by atoms with Crippen LogP contribution in [0, 0.1) is 0 Å². The van der Waals surface area contributed by atoms with E-state index in [9.17, 15) is 14.7 Å². The topological polar surface area (TPSA) is 99.1 Å².